The van der Waals surface area contributed by atoms with E-state index in [1.807, 2.05) is 0 Å². The maximum Gasteiger partial charge on any atom is 0.220 e. The quantitative estimate of drug-likeness (QED) is 0.494. The van der Waals surface area contributed by atoms with Gasteiger partial charge in [-0.15, -0.1) is 11.6 Å². The Bertz CT molecular complexity index is 202. The molecule has 1 N–H and O–H groups in total. The molecule has 0 spiro atoms. The lowest BCUT2D eigenvalue weighted by atomic mass is 10.0. The summed E-state index contributed by atoms with van der Waals surface area (Å²) >= 11 is 5.60. The molecule has 2 nitrogen and oxygen atoms in total. The molecule has 0 saturated heterocycles. The second kappa shape index (κ2) is 9.76. The largest absolute Gasteiger partial charge is 0.356 e. The SMILES string of the molecule is O=C(CCC1CCCC1)NCCCCCCCl. The highest BCUT2D eigenvalue weighted by atomic mass is 35.5. The Hall–Kier alpha value is -0.240. The van der Waals surface area contributed by atoms with E-state index in [-0.39, 0.29) is 5.91 Å². The lowest BCUT2D eigenvalue weighted by Crippen LogP contribution is -2.24. The van der Waals surface area contributed by atoms with Crippen LogP contribution in [0, 0.1) is 5.92 Å². The first kappa shape index (κ1) is 14.8. The maximum atomic E-state index is 11.6. The number of amides is 1. The second-order valence-electron chi connectivity index (χ2n) is 5.14. The molecule has 0 aromatic carbocycles. The summed E-state index contributed by atoms with van der Waals surface area (Å²) in [5.41, 5.74) is 0. The summed E-state index contributed by atoms with van der Waals surface area (Å²) in [6.07, 6.45) is 11.8. The van der Waals surface area contributed by atoms with Crippen molar-refractivity contribution in [1.82, 2.24) is 5.32 Å². The van der Waals surface area contributed by atoms with Crippen LogP contribution in [0.2, 0.25) is 0 Å². The second-order valence-corrected chi connectivity index (χ2v) is 5.52. The van der Waals surface area contributed by atoms with Gasteiger partial charge in [0, 0.05) is 18.8 Å². The van der Waals surface area contributed by atoms with Crippen molar-refractivity contribution in [2.75, 3.05) is 12.4 Å². The highest BCUT2D eigenvalue weighted by Crippen LogP contribution is 2.28. The number of unbranched alkanes of at least 4 members (excludes halogenated alkanes) is 3. The molecule has 1 rings (SSSR count). The average Bonchev–Trinajstić information content (AvgIpc) is 2.84. The fourth-order valence-electron chi connectivity index (χ4n) is 2.52. The molecule has 100 valence electrons. The van der Waals surface area contributed by atoms with Crippen LogP contribution in [-0.2, 0) is 4.79 Å². The van der Waals surface area contributed by atoms with E-state index in [0.29, 0.717) is 0 Å². The number of halogens is 1. The molecule has 1 aliphatic carbocycles. The Labute approximate surface area is 110 Å². The number of hydrogen-bond donors (Lipinski definition) is 1. The summed E-state index contributed by atoms with van der Waals surface area (Å²) in [7, 11) is 0. The molecule has 3 heteroatoms. The maximum absolute atomic E-state index is 11.6. The zero-order valence-corrected chi connectivity index (χ0v) is 11.6. The Morgan fingerprint density at radius 1 is 1.12 bits per heavy atom. The van der Waals surface area contributed by atoms with Gasteiger partial charge in [0.1, 0.15) is 0 Å². The Kier molecular flexibility index (Phi) is 8.50. The smallest absolute Gasteiger partial charge is 0.220 e. The van der Waals surface area contributed by atoms with Gasteiger partial charge in [0.25, 0.3) is 0 Å². The van der Waals surface area contributed by atoms with E-state index >= 15 is 0 Å². The highest BCUT2D eigenvalue weighted by Gasteiger charge is 2.15. The summed E-state index contributed by atoms with van der Waals surface area (Å²) in [5.74, 6) is 1.83. The van der Waals surface area contributed by atoms with E-state index in [0.717, 1.165) is 44.0 Å². The minimum Gasteiger partial charge on any atom is -0.356 e. The highest BCUT2D eigenvalue weighted by molar-refractivity contribution is 6.17. The van der Waals surface area contributed by atoms with Crippen LogP contribution in [0.1, 0.15) is 64.2 Å². The van der Waals surface area contributed by atoms with Crippen molar-refractivity contribution in [1.29, 1.82) is 0 Å². The van der Waals surface area contributed by atoms with Gasteiger partial charge < -0.3 is 5.32 Å². The average molecular weight is 260 g/mol. The van der Waals surface area contributed by atoms with Gasteiger partial charge in [-0.05, 0) is 25.2 Å². The third kappa shape index (κ3) is 7.64. The molecule has 0 aromatic rings. The zero-order valence-electron chi connectivity index (χ0n) is 10.8. The number of carbonyl (C=O) groups excluding carboxylic acids is 1. The van der Waals surface area contributed by atoms with Gasteiger partial charge in [-0.25, -0.2) is 0 Å². The van der Waals surface area contributed by atoms with Crippen molar-refractivity contribution >= 4 is 17.5 Å². The minimum absolute atomic E-state index is 0.245. The minimum atomic E-state index is 0.245. The van der Waals surface area contributed by atoms with E-state index in [1.165, 1.54) is 38.5 Å². The number of nitrogens with one attached hydrogen (secondary N) is 1. The van der Waals surface area contributed by atoms with E-state index in [4.69, 9.17) is 11.6 Å². The van der Waals surface area contributed by atoms with Crippen molar-refractivity contribution in [3.05, 3.63) is 0 Å². The van der Waals surface area contributed by atoms with Crippen molar-refractivity contribution in [3.8, 4) is 0 Å². The summed E-state index contributed by atoms with van der Waals surface area (Å²) in [6, 6.07) is 0. The van der Waals surface area contributed by atoms with Crippen LogP contribution in [0.3, 0.4) is 0 Å². The first-order valence-corrected chi connectivity index (χ1v) is 7.69. The van der Waals surface area contributed by atoms with Gasteiger partial charge in [0.15, 0.2) is 0 Å². The van der Waals surface area contributed by atoms with Gasteiger partial charge in [-0.2, -0.15) is 0 Å². The molecule has 1 fully saturated rings. The Balaban J connectivity index is 1.87. The molecule has 1 aliphatic rings. The van der Waals surface area contributed by atoms with Gasteiger partial charge >= 0.3 is 0 Å². The molecule has 1 amide bonds. The third-order valence-corrected chi connectivity index (χ3v) is 3.90. The molecule has 0 heterocycles. The van der Waals surface area contributed by atoms with E-state index in [2.05, 4.69) is 5.32 Å². The van der Waals surface area contributed by atoms with Gasteiger partial charge in [-0.3, -0.25) is 4.79 Å². The Morgan fingerprint density at radius 3 is 2.53 bits per heavy atom. The van der Waals surface area contributed by atoms with Crippen molar-refractivity contribution in [2.24, 2.45) is 5.92 Å². The molecule has 0 bridgehead atoms. The lowest BCUT2D eigenvalue weighted by Gasteiger charge is -2.09. The lowest BCUT2D eigenvalue weighted by molar-refractivity contribution is -0.121. The van der Waals surface area contributed by atoms with Crippen LogP contribution in [0.25, 0.3) is 0 Å². The third-order valence-electron chi connectivity index (χ3n) is 3.64. The normalized spacial score (nSPS) is 16.3. The number of alkyl halides is 1. The van der Waals surface area contributed by atoms with Gasteiger partial charge in [0.05, 0.1) is 0 Å². The number of carbonyl (C=O) groups is 1. The standard InChI is InChI=1S/C14H26ClNO/c15-11-5-1-2-6-12-16-14(17)10-9-13-7-3-4-8-13/h13H,1-12H2,(H,16,17). The monoisotopic (exact) mass is 259 g/mol. The van der Waals surface area contributed by atoms with Crippen LogP contribution < -0.4 is 5.32 Å². The predicted molar refractivity (Wildman–Crippen MR) is 73.4 cm³/mol. The van der Waals surface area contributed by atoms with Gasteiger partial charge in [0.2, 0.25) is 5.91 Å². The number of hydrogen-bond acceptors (Lipinski definition) is 1. The summed E-state index contributed by atoms with van der Waals surface area (Å²) < 4.78 is 0. The van der Waals surface area contributed by atoms with Crippen LogP contribution >= 0.6 is 11.6 Å². The summed E-state index contributed by atoms with van der Waals surface area (Å²) in [5, 5.41) is 3.01. The molecular formula is C14H26ClNO. The van der Waals surface area contributed by atoms with E-state index < -0.39 is 0 Å². The summed E-state index contributed by atoms with van der Waals surface area (Å²) in [4.78, 5) is 11.6. The van der Waals surface area contributed by atoms with Gasteiger partial charge in [-0.1, -0.05) is 38.5 Å². The molecule has 0 aliphatic heterocycles. The van der Waals surface area contributed by atoms with E-state index in [9.17, 15) is 4.79 Å². The van der Waals surface area contributed by atoms with Crippen LogP contribution in [0.4, 0.5) is 0 Å². The Morgan fingerprint density at radius 2 is 1.82 bits per heavy atom. The molecule has 0 aromatic heterocycles. The first-order chi connectivity index (χ1) is 8.33. The van der Waals surface area contributed by atoms with E-state index in [1.54, 1.807) is 0 Å². The zero-order chi connectivity index (χ0) is 12.3. The van der Waals surface area contributed by atoms with Crippen LogP contribution in [-0.4, -0.2) is 18.3 Å². The number of rotatable bonds is 9. The van der Waals surface area contributed by atoms with Crippen molar-refractivity contribution in [3.63, 3.8) is 0 Å². The molecule has 17 heavy (non-hydrogen) atoms. The van der Waals surface area contributed by atoms with Crippen molar-refractivity contribution < 1.29 is 4.79 Å². The summed E-state index contributed by atoms with van der Waals surface area (Å²) in [6.45, 7) is 0.839. The fraction of sp³-hybridized carbons (Fsp3) is 0.929. The molecular weight excluding hydrogens is 234 g/mol. The van der Waals surface area contributed by atoms with Crippen LogP contribution in [0.15, 0.2) is 0 Å². The first-order valence-electron chi connectivity index (χ1n) is 7.15. The van der Waals surface area contributed by atoms with Crippen molar-refractivity contribution in [2.45, 2.75) is 64.2 Å². The molecule has 0 unspecified atom stereocenters. The topological polar surface area (TPSA) is 29.1 Å². The molecule has 1 saturated carbocycles. The molecule has 0 atom stereocenters. The fourth-order valence-corrected chi connectivity index (χ4v) is 2.71. The predicted octanol–water partition coefficient (Wildman–Crippen LogP) is 3.87. The molecule has 0 radical (unpaired) electrons. The van der Waals surface area contributed by atoms with Crippen LogP contribution in [0.5, 0.6) is 0 Å².